The summed E-state index contributed by atoms with van der Waals surface area (Å²) in [6.07, 6.45) is 0.125. The molecule has 0 aliphatic rings. The van der Waals surface area contributed by atoms with Crippen molar-refractivity contribution in [2.24, 2.45) is 5.73 Å². The van der Waals surface area contributed by atoms with Gasteiger partial charge in [0.25, 0.3) is 6.02 Å². The third-order valence-corrected chi connectivity index (χ3v) is 2.90. The third-order valence-electron chi connectivity index (χ3n) is 2.90. The van der Waals surface area contributed by atoms with Gasteiger partial charge in [-0.05, 0) is 32.8 Å². The Morgan fingerprint density at radius 2 is 1.88 bits per heavy atom. The molecule has 132 valence electrons. The Hall–Kier alpha value is -2.57. The molecule has 0 unspecified atom stereocenters. The van der Waals surface area contributed by atoms with E-state index in [0.717, 1.165) is 5.56 Å². The van der Waals surface area contributed by atoms with Gasteiger partial charge in [0.05, 0.1) is 0 Å². The van der Waals surface area contributed by atoms with Gasteiger partial charge in [-0.1, -0.05) is 30.3 Å². The summed E-state index contributed by atoms with van der Waals surface area (Å²) in [5.41, 5.74) is 5.41. The predicted octanol–water partition coefficient (Wildman–Crippen LogP) is 1.70. The standard InChI is InChI=1S/C17H25N3O4/c1-17(2,3)24-16(19)20-13(9-10-14(18)21)15(22)23-11-12-7-5-4-6-8-12/h4-8,13H,9-11H2,1-3H3,(H2,18,21)(H2,19,20)/t13-/m0/s1. The molecule has 1 amide bonds. The van der Waals surface area contributed by atoms with Crippen LogP contribution in [0.4, 0.5) is 0 Å². The SMILES string of the molecule is CC(C)(C)OC(=N)N[C@@H](CCC(N)=O)C(=O)OCc1ccccc1. The largest absolute Gasteiger partial charge is 0.460 e. The summed E-state index contributed by atoms with van der Waals surface area (Å²) in [6, 6.07) is 8.10. The van der Waals surface area contributed by atoms with Gasteiger partial charge in [0.1, 0.15) is 18.2 Å². The van der Waals surface area contributed by atoms with E-state index in [9.17, 15) is 9.59 Å². The highest BCUT2D eigenvalue weighted by molar-refractivity contribution is 5.83. The monoisotopic (exact) mass is 335 g/mol. The average molecular weight is 335 g/mol. The first kappa shape index (κ1) is 19.5. The summed E-state index contributed by atoms with van der Waals surface area (Å²) in [6.45, 7) is 5.47. The maximum atomic E-state index is 12.2. The van der Waals surface area contributed by atoms with Crippen molar-refractivity contribution in [3.63, 3.8) is 0 Å². The molecule has 24 heavy (non-hydrogen) atoms. The van der Waals surface area contributed by atoms with Crippen LogP contribution in [0.2, 0.25) is 0 Å². The minimum Gasteiger partial charge on any atom is -0.460 e. The van der Waals surface area contributed by atoms with Gasteiger partial charge in [-0.2, -0.15) is 0 Å². The Bertz CT molecular complexity index is 567. The van der Waals surface area contributed by atoms with E-state index >= 15 is 0 Å². The molecule has 1 aromatic carbocycles. The van der Waals surface area contributed by atoms with E-state index < -0.39 is 23.5 Å². The van der Waals surface area contributed by atoms with Crippen LogP contribution in [0.5, 0.6) is 0 Å². The van der Waals surface area contributed by atoms with Crippen molar-refractivity contribution in [2.45, 2.75) is 51.9 Å². The number of nitrogens with two attached hydrogens (primary N) is 1. The van der Waals surface area contributed by atoms with E-state index in [2.05, 4.69) is 5.32 Å². The molecule has 0 radical (unpaired) electrons. The second-order valence-electron chi connectivity index (χ2n) is 6.34. The zero-order chi connectivity index (χ0) is 18.2. The minimum absolute atomic E-state index is 0.000894. The molecule has 0 spiro atoms. The van der Waals surface area contributed by atoms with E-state index in [1.165, 1.54) is 0 Å². The lowest BCUT2D eigenvalue weighted by atomic mass is 10.1. The molecular weight excluding hydrogens is 310 g/mol. The highest BCUT2D eigenvalue weighted by atomic mass is 16.5. The summed E-state index contributed by atoms with van der Waals surface area (Å²) in [5, 5.41) is 10.4. The summed E-state index contributed by atoms with van der Waals surface area (Å²) < 4.78 is 10.6. The first-order chi connectivity index (χ1) is 11.2. The van der Waals surface area contributed by atoms with Crippen LogP contribution < -0.4 is 11.1 Å². The van der Waals surface area contributed by atoms with Crippen molar-refractivity contribution in [3.8, 4) is 0 Å². The second-order valence-corrected chi connectivity index (χ2v) is 6.34. The molecular formula is C17H25N3O4. The molecule has 0 bridgehead atoms. The van der Waals surface area contributed by atoms with Gasteiger partial charge in [0, 0.05) is 6.42 Å². The molecule has 7 nitrogen and oxygen atoms in total. The van der Waals surface area contributed by atoms with Crippen LogP contribution in [-0.4, -0.2) is 29.5 Å². The van der Waals surface area contributed by atoms with Crippen LogP contribution in [0.1, 0.15) is 39.2 Å². The number of carbonyl (C=O) groups is 2. The molecule has 0 aliphatic heterocycles. The molecule has 0 aliphatic carbocycles. The van der Waals surface area contributed by atoms with E-state index in [-0.39, 0.29) is 25.5 Å². The zero-order valence-electron chi connectivity index (χ0n) is 14.3. The normalized spacial score (nSPS) is 12.1. The van der Waals surface area contributed by atoms with Crippen LogP contribution in [0.25, 0.3) is 0 Å². The van der Waals surface area contributed by atoms with Crippen LogP contribution in [0.15, 0.2) is 30.3 Å². The molecule has 0 saturated heterocycles. The van der Waals surface area contributed by atoms with Crippen LogP contribution >= 0.6 is 0 Å². The van der Waals surface area contributed by atoms with Gasteiger partial charge in [0.15, 0.2) is 0 Å². The smallest absolute Gasteiger partial charge is 0.329 e. The third kappa shape index (κ3) is 8.17. The summed E-state index contributed by atoms with van der Waals surface area (Å²) >= 11 is 0. The molecule has 1 aromatic rings. The van der Waals surface area contributed by atoms with Crippen molar-refractivity contribution < 1.29 is 19.1 Å². The molecule has 1 atom stereocenters. The first-order valence-electron chi connectivity index (χ1n) is 7.70. The van der Waals surface area contributed by atoms with Gasteiger partial charge in [-0.3, -0.25) is 10.2 Å². The second kappa shape index (κ2) is 8.90. The maximum absolute atomic E-state index is 12.2. The number of primary amides is 1. The van der Waals surface area contributed by atoms with Crippen LogP contribution in [0.3, 0.4) is 0 Å². The molecule has 0 heterocycles. The maximum Gasteiger partial charge on any atom is 0.329 e. The van der Waals surface area contributed by atoms with Gasteiger partial charge >= 0.3 is 5.97 Å². The van der Waals surface area contributed by atoms with Gasteiger partial charge in [-0.25, -0.2) is 4.79 Å². The fraction of sp³-hybridized carbons (Fsp3) is 0.471. The predicted molar refractivity (Wildman–Crippen MR) is 90.2 cm³/mol. The fourth-order valence-corrected chi connectivity index (χ4v) is 1.86. The number of rotatable bonds is 7. The van der Waals surface area contributed by atoms with Gasteiger partial charge in [-0.15, -0.1) is 0 Å². The number of ether oxygens (including phenoxy) is 2. The first-order valence-corrected chi connectivity index (χ1v) is 7.70. The fourth-order valence-electron chi connectivity index (χ4n) is 1.86. The summed E-state index contributed by atoms with van der Waals surface area (Å²) in [5.74, 6) is -1.09. The average Bonchev–Trinajstić information content (AvgIpc) is 2.48. The number of benzene rings is 1. The minimum atomic E-state index is -0.879. The van der Waals surface area contributed by atoms with E-state index in [0.29, 0.717) is 0 Å². The molecule has 0 aromatic heterocycles. The highest BCUT2D eigenvalue weighted by Crippen LogP contribution is 2.09. The Labute approximate surface area is 142 Å². The summed E-state index contributed by atoms with van der Waals surface area (Å²) in [4.78, 5) is 23.2. The Kier molecular flexibility index (Phi) is 7.23. The van der Waals surface area contributed by atoms with Crippen molar-refractivity contribution >= 4 is 17.9 Å². The number of carbonyl (C=O) groups excluding carboxylic acids is 2. The molecule has 1 rings (SSSR count). The number of nitrogens with one attached hydrogen (secondary N) is 2. The van der Waals surface area contributed by atoms with Crippen LogP contribution in [-0.2, 0) is 25.7 Å². The van der Waals surface area contributed by atoms with Crippen molar-refractivity contribution in [1.29, 1.82) is 5.41 Å². The summed E-state index contributed by atoms with van der Waals surface area (Å²) in [7, 11) is 0. The molecule has 0 saturated carbocycles. The Morgan fingerprint density at radius 1 is 1.25 bits per heavy atom. The lowest BCUT2D eigenvalue weighted by molar-refractivity contribution is -0.147. The highest BCUT2D eigenvalue weighted by Gasteiger charge is 2.24. The van der Waals surface area contributed by atoms with Crippen molar-refractivity contribution in [2.75, 3.05) is 0 Å². The number of amidine groups is 1. The molecule has 0 fully saturated rings. The number of hydrogen-bond acceptors (Lipinski definition) is 5. The number of amides is 1. The molecule has 7 heteroatoms. The number of hydrogen-bond donors (Lipinski definition) is 3. The van der Waals surface area contributed by atoms with E-state index in [1.54, 1.807) is 20.8 Å². The quantitative estimate of drug-likeness (QED) is 0.398. The van der Waals surface area contributed by atoms with Crippen LogP contribution in [0, 0.1) is 5.41 Å². The van der Waals surface area contributed by atoms with Gasteiger partial charge in [0.2, 0.25) is 5.91 Å². The molecule has 4 N–H and O–H groups in total. The van der Waals surface area contributed by atoms with Gasteiger partial charge < -0.3 is 20.5 Å². The Morgan fingerprint density at radius 3 is 2.42 bits per heavy atom. The van der Waals surface area contributed by atoms with Crippen molar-refractivity contribution in [1.82, 2.24) is 5.32 Å². The lowest BCUT2D eigenvalue weighted by Gasteiger charge is -2.24. The topological polar surface area (TPSA) is 114 Å². The van der Waals surface area contributed by atoms with Crippen molar-refractivity contribution in [3.05, 3.63) is 35.9 Å². The van der Waals surface area contributed by atoms with E-state index in [1.807, 2.05) is 30.3 Å². The Balaban J connectivity index is 2.64. The zero-order valence-corrected chi connectivity index (χ0v) is 14.3. The van der Waals surface area contributed by atoms with E-state index in [4.69, 9.17) is 20.6 Å². The number of esters is 1. The lowest BCUT2D eigenvalue weighted by Crippen LogP contribution is -2.45.